The quantitative estimate of drug-likeness (QED) is 0.611. The van der Waals surface area contributed by atoms with Gasteiger partial charge < -0.3 is 19.5 Å². The van der Waals surface area contributed by atoms with Gasteiger partial charge in [0.05, 0.1) is 45.3 Å². The first-order valence-corrected chi connectivity index (χ1v) is 8.65. The number of benzene rings is 2. The maximum absolute atomic E-state index is 12.6. The highest BCUT2D eigenvalue weighted by Gasteiger charge is 2.20. The van der Waals surface area contributed by atoms with Gasteiger partial charge in [0.1, 0.15) is 0 Å². The average Bonchev–Trinajstić information content (AvgIpc) is 3.22. The Morgan fingerprint density at radius 1 is 1.03 bits per heavy atom. The summed E-state index contributed by atoms with van der Waals surface area (Å²) >= 11 is 0. The van der Waals surface area contributed by atoms with E-state index in [1.807, 2.05) is 30.3 Å². The lowest BCUT2D eigenvalue weighted by Gasteiger charge is -2.14. The van der Waals surface area contributed by atoms with Crippen molar-refractivity contribution in [2.75, 3.05) is 26.6 Å². The highest BCUT2D eigenvalue weighted by atomic mass is 16.5. The third-order valence-electron chi connectivity index (χ3n) is 4.14. The predicted molar refractivity (Wildman–Crippen MR) is 104 cm³/mol. The van der Waals surface area contributed by atoms with Gasteiger partial charge in [0.15, 0.2) is 17.2 Å². The van der Waals surface area contributed by atoms with Crippen molar-refractivity contribution in [2.45, 2.75) is 6.54 Å². The molecule has 0 aliphatic carbocycles. The van der Waals surface area contributed by atoms with Crippen LogP contribution in [-0.4, -0.2) is 48.2 Å². The fraction of sp³-hybridized carbons (Fsp3) is 0.200. The number of amides is 1. The summed E-state index contributed by atoms with van der Waals surface area (Å²) in [4.78, 5) is 24.8. The number of methoxy groups -OCH3 is 3. The van der Waals surface area contributed by atoms with Crippen LogP contribution in [0.25, 0.3) is 0 Å². The number of esters is 1. The van der Waals surface area contributed by atoms with Crippen molar-refractivity contribution in [1.29, 1.82) is 0 Å². The van der Waals surface area contributed by atoms with Crippen LogP contribution in [0.5, 0.6) is 11.5 Å². The number of aromatic nitrogens is 3. The van der Waals surface area contributed by atoms with E-state index in [1.54, 1.807) is 4.68 Å². The van der Waals surface area contributed by atoms with Crippen molar-refractivity contribution >= 4 is 17.6 Å². The SMILES string of the molecule is COC(=O)c1cc(OC)c(OC)cc1NC(=O)c1cn(Cc2ccccc2)nn1. The van der Waals surface area contributed by atoms with E-state index in [0.29, 0.717) is 18.0 Å². The van der Waals surface area contributed by atoms with Gasteiger partial charge in [0, 0.05) is 12.1 Å². The van der Waals surface area contributed by atoms with E-state index in [4.69, 9.17) is 14.2 Å². The predicted octanol–water partition coefficient (Wildman–Crippen LogP) is 2.38. The molecule has 29 heavy (non-hydrogen) atoms. The number of carbonyl (C=O) groups excluding carboxylic acids is 2. The molecule has 1 heterocycles. The maximum atomic E-state index is 12.6. The van der Waals surface area contributed by atoms with E-state index >= 15 is 0 Å². The normalized spacial score (nSPS) is 10.3. The van der Waals surface area contributed by atoms with Gasteiger partial charge in [-0.1, -0.05) is 35.5 Å². The number of hydrogen-bond donors (Lipinski definition) is 1. The maximum Gasteiger partial charge on any atom is 0.340 e. The van der Waals surface area contributed by atoms with Gasteiger partial charge in [-0.3, -0.25) is 4.79 Å². The number of ether oxygens (including phenoxy) is 3. The summed E-state index contributed by atoms with van der Waals surface area (Å²) in [6, 6.07) is 12.6. The number of hydrogen-bond acceptors (Lipinski definition) is 7. The smallest absolute Gasteiger partial charge is 0.340 e. The molecule has 0 bridgehead atoms. The van der Waals surface area contributed by atoms with Gasteiger partial charge >= 0.3 is 5.97 Å². The van der Waals surface area contributed by atoms with E-state index in [0.717, 1.165) is 5.56 Å². The largest absolute Gasteiger partial charge is 0.493 e. The van der Waals surface area contributed by atoms with Gasteiger partial charge in [-0.05, 0) is 5.56 Å². The fourth-order valence-corrected chi connectivity index (χ4v) is 2.70. The lowest BCUT2D eigenvalue weighted by Crippen LogP contribution is -2.16. The first-order chi connectivity index (χ1) is 14.0. The number of nitrogens with one attached hydrogen (secondary N) is 1. The molecule has 0 aliphatic heterocycles. The van der Waals surface area contributed by atoms with Crippen LogP contribution in [0, 0.1) is 0 Å². The van der Waals surface area contributed by atoms with Crippen LogP contribution >= 0.6 is 0 Å². The number of rotatable bonds is 7. The summed E-state index contributed by atoms with van der Waals surface area (Å²) in [5.41, 5.74) is 1.45. The van der Waals surface area contributed by atoms with Gasteiger partial charge in [-0.25, -0.2) is 9.48 Å². The third kappa shape index (κ3) is 4.52. The molecule has 0 aliphatic rings. The van der Waals surface area contributed by atoms with Crippen molar-refractivity contribution in [2.24, 2.45) is 0 Å². The van der Waals surface area contributed by atoms with E-state index in [2.05, 4.69) is 15.6 Å². The first kappa shape index (κ1) is 19.9. The van der Waals surface area contributed by atoms with Crippen LogP contribution in [0.1, 0.15) is 26.4 Å². The molecule has 1 aromatic heterocycles. The lowest BCUT2D eigenvalue weighted by atomic mass is 10.1. The summed E-state index contributed by atoms with van der Waals surface area (Å²) in [6.45, 7) is 0.477. The second-order valence-electron chi connectivity index (χ2n) is 5.99. The molecule has 0 radical (unpaired) electrons. The molecule has 150 valence electrons. The first-order valence-electron chi connectivity index (χ1n) is 8.65. The molecule has 1 N–H and O–H groups in total. The molecule has 0 unspecified atom stereocenters. The number of nitrogens with zero attached hydrogens (tertiary/aromatic N) is 3. The number of anilines is 1. The average molecular weight is 396 g/mol. The Labute approximate surface area is 167 Å². The van der Waals surface area contributed by atoms with Crippen molar-refractivity contribution in [3.63, 3.8) is 0 Å². The van der Waals surface area contributed by atoms with Crippen LogP contribution < -0.4 is 14.8 Å². The summed E-state index contributed by atoms with van der Waals surface area (Å²) in [7, 11) is 4.15. The molecule has 0 fully saturated rings. The minimum atomic E-state index is -0.631. The van der Waals surface area contributed by atoms with Gasteiger partial charge in [0.25, 0.3) is 5.91 Å². The van der Waals surface area contributed by atoms with E-state index < -0.39 is 11.9 Å². The van der Waals surface area contributed by atoms with Crippen LogP contribution in [0.3, 0.4) is 0 Å². The summed E-state index contributed by atoms with van der Waals surface area (Å²) < 4.78 is 16.8. The Hall–Kier alpha value is -3.88. The second kappa shape index (κ2) is 8.87. The molecule has 0 spiro atoms. The summed E-state index contributed by atoms with van der Waals surface area (Å²) in [5.74, 6) is -0.474. The Morgan fingerprint density at radius 3 is 2.38 bits per heavy atom. The van der Waals surface area contributed by atoms with Crippen molar-refractivity contribution < 1.29 is 23.8 Å². The zero-order valence-corrected chi connectivity index (χ0v) is 16.2. The Morgan fingerprint density at radius 2 is 1.72 bits per heavy atom. The molecular formula is C20H20N4O5. The van der Waals surface area contributed by atoms with Crippen LogP contribution in [-0.2, 0) is 11.3 Å². The Kier molecular flexibility index (Phi) is 6.08. The monoisotopic (exact) mass is 396 g/mol. The Bertz CT molecular complexity index is 1020. The molecule has 0 atom stereocenters. The molecule has 3 aromatic rings. The van der Waals surface area contributed by atoms with Gasteiger partial charge in [-0.2, -0.15) is 0 Å². The van der Waals surface area contributed by atoms with Crippen LogP contribution in [0.2, 0.25) is 0 Å². The zero-order chi connectivity index (χ0) is 20.8. The molecular weight excluding hydrogens is 376 g/mol. The summed E-state index contributed by atoms with van der Waals surface area (Å²) in [5, 5.41) is 10.5. The molecule has 3 rings (SSSR count). The van der Waals surface area contributed by atoms with E-state index in [-0.39, 0.29) is 16.9 Å². The topological polar surface area (TPSA) is 105 Å². The molecule has 9 nitrogen and oxygen atoms in total. The lowest BCUT2D eigenvalue weighted by molar-refractivity contribution is 0.0601. The second-order valence-corrected chi connectivity index (χ2v) is 5.99. The highest BCUT2D eigenvalue weighted by Crippen LogP contribution is 2.34. The van der Waals surface area contributed by atoms with Gasteiger partial charge in [0.2, 0.25) is 0 Å². The van der Waals surface area contributed by atoms with Crippen LogP contribution in [0.15, 0.2) is 48.7 Å². The molecule has 2 aromatic carbocycles. The van der Waals surface area contributed by atoms with Crippen LogP contribution in [0.4, 0.5) is 5.69 Å². The van der Waals surface area contributed by atoms with E-state index in [1.165, 1.54) is 39.7 Å². The third-order valence-corrected chi connectivity index (χ3v) is 4.14. The van der Waals surface area contributed by atoms with Crippen molar-refractivity contribution in [3.05, 3.63) is 65.5 Å². The zero-order valence-electron chi connectivity index (χ0n) is 16.2. The van der Waals surface area contributed by atoms with Crippen molar-refractivity contribution in [1.82, 2.24) is 15.0 Å². The molecule has 0 saturated carbocycles. The van der Waals surface area contributed by atoms with Crippen molar-refractivity contribution in [3.8, 4) is 11.5 Å². The minimum Gasteiger partial charge on any atom is -0.493 e. The molecule has 1 amide bonds. The highest BCUT2D eigenvalue weighted by molar-refractivity contribution is 6.07. The number of carbonyl (C=O) groups is 2. The minimum absolute atomic E-state index is 0.103. The van der Waals surface area contributed by atoms with Gasteiger partial charge in [-0.15, -0.1) is 5.10 Å². The van der Waals surface area contributed by atoms with E-state index in [9.17, 15) is 9.59 Å². The molecule has 0 saturated heterocycles. The standard InChI is InChI=1S/C20H20N4O5/c1-27-17-9-14(20(26)29-3)15(10-18(17)28-2)21-19(25)16-12-24(23-22-16)11-13-7-5-4-6-8-13/h4-10,12H,11H2,1-3H3,(H,21,25). The summed E-state index contributed by atoms with van der Waals surface area (Å²) in [6.07, 6.45) is 1.53. The molecule has 9 heteroatoms. The fourth-order valence-electron chi connectivity index (χ4n) is 2.70. The Balaban J connectivity index is 1.84.